The zero-order valence-corrected chi connectivity index (χ0v) is 17.4. The summed E-state index contributed by atoms with van der Waals surface area (Å²) < 4.78 is 5.66. The number of rotatable bonds is 5. The highest BCUT2D eigenvalue weighted by Gasteiger charge is 2.28. The van der Waals surface area contributed by atoms with Crippen molar-refractivity contribution in [3.8, 4) is 11.5 Å². The van der Waals surface area contributed by atoms with E-state index in [0.717, 1.165) is 0 Å². The molecule has 1 heterocycles. The minimum Gasteiger partial charge on any atom is -0.508 e. The molecule has 2 aromatic carbocycles. The first-order valence-corrected chi connectivity index (χ1v) is 10.1. The number of halogens is 2. The molecule has 0 spiro atoms. The number of carbonyl (C=O) groups is 2. The fraction of sp³-hybridized carbons (Fsp3) is 0.333. The van der Waals surface area contributed by atoms with Crippen LogP contribution in [0, 0.1) is 0 Å². The van der Waals surface area contributed by atoms with Gasteiger partial charge in [-0.2, -0.15) is 0 Å². The predicted octanol–water partition coefficient (Wildman–Crippen LogP) is 3.89. The lowest BCUT2D eigenvalue weighted by Gasteiger charge is -2.34. The van der Waals surface area contributed by atoms with Gasteiger partial charge in [-0.1, -0.05) is 23.2 Å². The van der Waals surface area contributed by atoms with Gasteiger partial charge in [-0.3, -0.25) is 9.59 Å². The number of nitrogens with zero attached hydrogens (tertiary/aromatic N) is 1. The standard InChI is InChI=1S/C21H22Cl2N2O4/c1-13(29-17-5-3-16(26)4-6-17)21(28)25-10-8-15(9-11-25)24-20(27)18-7-2-14(22)12-19(18)23/h2-7,12-13,15,26H,8-11H2,1H3,(H,24,27). The van der Waals surface area contributed by atoms with Gasteiger partial charge in [0.25, 0.3) is 11.8 Å². The maximum absolute atomic E-state index is 12.6. The van der Waals surface area contributed by atoms with Gasteiger partial charge in [0.1, 0.15) is 11.5 Å². The summed E-state index contributed by atoms with van der Waals surface area (Å²) >= 11 is 12.0. The van der Waals surface area contributed by atoms with E-state index in [4.69, 9.17) is 27.9 Å². The summed E-state index contributed by atoms with van der Waals surface area (Å²) in [4.78, 5) is 26.8. The number of nitrogens with one attached hydrogen (secondary N) is 1. The Balaban J connectivity index is 1.49. The molecular weight excluding hydrogens is 415 g/mol. The molecule has 6 nitrogen and oxygen atoms in total. The average molecular weight is 437 g/mol. The molecule has 0 bridgehead atoms. The molecule has 1 atom stereocenters. The van der Waals surface area contributed by atoms with E-state index in [9.17, 15) is 14.7 Å². The van der Waals surface area contributed by atoms with Gasteiger partial charge in [0.05, 0.1) is 10.6 Å². The molecule has 1 saturated heterocycles. The Morgan fingerprint density at radius 2 is 1.79 bits per heavy atom. The molecule has 8 heteroatoms. The van der Waals surface area contributed by atoms with Crippen LogP contribution in [-0.2, 0) is 4.79 Å². The van der Waals surface area contributed by atoms with Crippen molar-refractivity contribution in [3.63, 3.8) is 0 Å². The Morgan fingerprint density at radius 3 is 2.41 bits per heavy atom. The van der Waals surface area contributed by atoms with Crippen LogP contribution in [0.4, 0.5) is 0 Å². The molecule has 0 saturated carbocycles. The van der Waals surface area contributed by atoms with E-state index in [2.05, 4.69) is 5.32 Å². The Kier molecular flexibility index (Phi) is 6.87. The Bertz CT molecular complexity index is 881. The minimum atomic E-state index is -0.640. The highest BCUT2D eigenvalue weighted by atomic mass is 35.5. The van der Waals surface area contributed by atoms with E-state index in [0.29, 0.717) is 47.3 Å². The molecule has 2 amide bonds. The zero-order chi connectivity index (χ0) is 21.0. The summed E-state index contributed by atoms with van der Waals surface area (Å²) in [6.07, 6.45) is 0.655. The fourth-order valence-electron chi connectivity index (χ4n) is 3.22. The molecule has 2 aromatic rings. The number of amides is 2. The van der Waals surface area contributed by atoms with Crippen molar-refractivity contribution in [3.05, 3.63) is 58.1 Å². The van der Waals surface area contributed by atoms with Crippen LogP contribution in [0.2, 0.25) is 10.0 Å². The van der Waals surface area contributed by atoms with Crippen LogP contribution < -0.4 is 10.1 Å². The van der Waals surface area contributed by atoms with Crippen LogP contribution in [0.1, 0.15) is 30.1 Å². The second-order valence-corrected chi connectivity index (χ2v) is 7.79. The van der Waals surface area contributed by atoms with E-state index in [-0.39, 0.29) is 23.6 Å². The number of likely N-dealkylation sites (tertiary alicyclic amines) is 1. The molecule has 1 fully saturated rings. The van der Waals surface area contributed by atoms with Crippen molar-refractivity contribution in [2.45, 2.75) is 31.9 Å². The molecule has 29 heavy (non-hydrogen) atoms. The Hall–Kier alpha value is -2.44. The monoisotopic (exact) mass is 436 g/mol. The molecule has 0 radical (unpaired) electrons. The predicted molar refractivity (Wildman–Crippen MR) is 112 cm³/mol. The maximum Gasteiger partial charge on any atom is 0.263 e. The lowest BCUT2D eigenvalue weighted by molar-refractivity contribution is -0.139. The van der Waals surface area contributed by atoms with E-state index in [1.807, 2.05) is 0 Å². The summed E-state index contributed by atoms with van der Waals surface area (Å²) in [5, 5.41) is 13.1. The number of aromatic hydroxyl groups is 1. The van der Waals surface area contributed by atoms with Crippen LogP contribution in [-0.4, -0.2) is 47.1 Å². The van der Waals surface area contributed by atoms with Crippen LogP contribution in [0.15, 0.2) is 42.5 Å². The first kappa shape index (κ1) is 21.3. The van der Waals surface area contributed by atoms with Crippen molar-refractivity contribution in [2.24, 2.45) is 0 Å². The van der Waals surface area contributed by atoms with E-state index in [1.54, 1.807) is 36.1 Å². The molecule has 0 aromatic heterocycles. The van der Waals surface area contributed by atoms with Crippen molar-refractivity contribution in [1.29, 1.82) is 0 Å². The SMILES string of the molecule is CC(Oc1ccc(O)cc1)C(=O)N1CCC(NC(=O)c2ccc(Cl)cc2Cl)CC1. The number of piperidine rings is 1. The number of hydrogen-bond donors (Lipinski definition) is 2. The number of carbonyl (C=O) groups excluding carboxylic acids is 2. The molecule has 1 unspecified atom stereocenters. The van der Waals surface area contributed by atoms with Gasteiger partial charge in [-0.25, -0.2) is 0 Å². The smallest absolute Gasteiger partial charge is 0.263 e. The molecule has 3 rings (SSSR count). The lowest BCUT2D eigenvalue weighted by atomic mass is 10.0. The Morgan fingerprint density at radius 1 is 1.14 bits per heavy atom. The second-order valence-electron chi connectivity index (χ2n) is 6.95. The summed E-state index contributed by atoms with van der Waals surface area (Å²) in [5.74, 6) is 0.301. The largest absolute Gasteiger partial charge is 0.508 e. The molecule has 1 aliphatic rings. The quantitative estimate of drug-likeness (QED) is 0.744. The van der Waals surface area contributed by atoms with Gasteiger partial charge in [0, 0.05) is 24.2 Å². The van der Waals surface area contributed by atoms with Crippen molar-refractivity contribution >= 4 is 35.0 Å². The number of phenolic OH excluding ortho intramolecular Hbond substituents is 1. The summed E-state index contributed by atoms with van der Waals surface area (Å²) in [6, 6.07) is 11.0. The minimum absolute atomic E-state index is 0.0355. The fourth-order valence-corrected chi connectivity index (χ4v) is 3.71. The number of benzene rings is 2. The van der Waals surface area contributed by atoms with Gasteiger partial charge < -0.3 is 20.1 Å². The molecule has 1 aliphatic heterocycles. The van der Waals surface area contributed by atoms with Crippen LogP contribution in [0.3, 0.4) is 0 Å². The normalized spacial score (nSPS) is 15.6. The van der Waals surface area contributed by atoms with Crippen LogP contribution >= 0.6 is 23.2 Å². The highest BCUT2D eigenvalue weighted by Crippen LogP contribution is 2.22. The molecular formula is C21H22Cl2N2O4. The number of hydrogen-bond acceptors (Lipinski definition) is 4. The second kappa shape index (κ2) is 9.37. The third-order valence-electron chi connectivity index (χ3n) is 4.81. The van der Waals surface area contributed by atoms with E-state index < -0.39 is 6.10 Å². The first-order chi connectivity index (χ1) is 13.8. The first-order valence-electron chi connectivity index (χ1n) is 9.34. The molecule has 0 aliphatic carbocycles. The molecule has 154 valence electrons. The number of ether oxygens (including phenoxy) is 1. The molecule has 2 N–H and O–H groups in total. The lowest BCUT2D eigenvalue weighted by Crippen LogP contribution is -2.49. The van der Waals surface area contributed by atoms with E-state index in [1.165, 1.54) is 18.2 Å². The van der Waals surface area contributed by atoms with Crippen molar-refractivity contribution in [2.75, 3.05) is 13.1 Å². The Labute approximate surface area is 179 Å². The number of phenols is 1. The topological polar surface area (TPSA) is 78.9 Å². The average Bonchev–Trinajstić information content (AvgIpc) is 2.69. The third-order valence-corrected chi connectivity index (χ3v) is 5.36. The van der Waals surface area contributed by atoms with Crippen LogP contribution in [0.5, 0.6) is 11.5 Å². The van der Waals surface area contributed by atoms with Gasteiger partial charge in [-0.05, 0) is 62.2 Å². The maximum atomic E-state index is 12.6. The third kappa shape index (κ3) is 5.55. The summed E-state index contributed by atoms with van der Waals surface area (Å²) in [7, 11) is 0. The van der Waals surface area contributed by atoms with Gasteiger partial charge in [-0.15, -0.1) is 0 Å². The van der Waals surface area contributed by atoms with Gasteiger partial charge >= 0.3 is 0 Å². The van der Waals surface area contributed by atoms with E-state index >= 15 is 0 Å². The summed E-state index contributed by atoms with van der Waals surface area (Å²) in [6.45, 7) is 2.76. The van der Waals surface area contributed by atoms with Gasteiger partial charge in [0.15, 0.2) is 6.10 Å². The zero-order valence-electron chi connectivity index (χ0n) is 15.9. The summed E-state index contributed by atoms with van der Waals surface area (Å²) in [5.41, 5.74) is 0.380. The highest BCUT2D eigenvalue weighted by molar-refractivity contribution is 6.36. The van der Waals surface area contributed by atoms with Crippen molar-refractivity contribution in [1.82, 2.24) is 10.2 Å². The van der Waals surface area contributed by atoms with Crippen LogP contribution in [0.25, 0.3) is 0 Å². The van der Waals surface area contributed by atoms with Gasteiger partial charge in [0.2, 0.25) is 0 Å². The van der Waals surface area contributed by atoms with Crippen molar-refractivity contribution < 1.29 is 19.4 Å².